The maximum absolute atomic E-state index is 13.5. The van der Waals surface area contributed by atoms with Gasteiger partial charge in [0, 0.05) is 31.4 Å². The van der Waals surface area contributed by atoms with E-state index in [1.54, 1.807) is 12.3 Å². The largest absolute Gasteiger partial charge is 0.351 e. The second-order valence-electron chi connectivity index (χ2n) is 4.18. The second kappa shape index (κ2) is 4.14. The van der Waals surface area contributed by atoms with Crippen LogP contribution in [0.5, 0.6) is 0 Å². The number of pyridine rings is 1. The Morgan fingerprint density at radius 3 is 2.67 bits per heavy atom. The molecular formula is C11H16FN3. The maximum atomic E-state index is 13.5. The fraction of sp³-hybridized carbons (Fsp3) is 0.545. The standard InChI is InChI=1S/C11H16FN3/c1-8-6-15(7-9(2)14-8)11-10(12)4-3-5-13-11/h3-5,8-9,14H,6-7H2,1-2H3. The summed E-state index contributed by atoms with van der Waals surface area (Å²) in [4.78, 5) is 6.10. The summed E-state index contributed by atoms with van der Waals surface area (Å²) in [6, 6.07) is 3.82. The van der Waals surface area contributed by atoms with Crippen LogP contribution in [0.3, 0.4) is 0 Å². The molecule has 1 aromatic rings. The molecule has 2 heterocycles. The van der Waals surface area contributed by atoms with Crippen LogP contribution in [0.15, 0.2) is 18.3 Å². The van der Waals surface area contributed by atoms with E-state index in [0.29, 0.717) is 17.9 Å². The van der Waals surface area contributed by atoms with Crippen molar-refractivity contribution in [1.82, 2.24) is 10.3 Å². The number of hydrogen-bond donors (Lipinski definition) is 1. The lowest BCUT2D eigenvalue weighted by molar-refractivity contribution is 0.401. The summed E-state index contributed by atoms with van der Waals surface area (Å²) >= 11 is 0. The lowest BCUT2D eigenvalue weighted by Crippen LogP contribution is -2.54. The van der Waals surface area contributed by atoms with Crippen LogP contribution >= 0.6 is 0 Å². The first kappa shape index (κ1) is 10.4. The first-order valence-electron chi connectivity index (χ1n) is 5.28. The Hall–Kier alpha value is -1.16. The van der Waals surface area contributed by atoms with Crippen LogP contribution in [0.4, 0.5) is 10.2 Å². The number of nitrogens with zero attached hydrogens (tertiary/aromatic N) is 2. The van der Waals surface area contributed by atoms with Crippen molar-refractivity contribution in [3.8, 4) is 0 Å². The molecule has 1 fully saturated rings. The normalized spacial score (nSPS) is 26.7. The Bertz CT molecular complexity index is 332. The van der Waals surface area contributed by atoms with Gasteiger partial charge in [0.1, 0.15) is 0 Å². The lowest BCUT2D eigenvalue weighted by atomic mass is 10.1. The third kappa shape index (κ3) is 2.26. The summed E-state index contributed by atoms with van der Waals surface area (Å²) in [5.41, 5.74) is 0. The first-order chi connectivity index (χ1) is 7.16. The van der Waals surface area contributed by atoms with Gasteiger partial charge in [0.25, 0.3) is 0 Å². The van der Waals surface area contributed by atoms with Crippen molar-refractivity contribution in [2.45, 2.75) is 25.9 Å². The van der Waals surface area contributed by atoms with E-state index in [1.807, 2.05) is 4.90 Å². The smallest absolute Gasteiger partial charge is 0.165 e. The zero-order valence-electron chi connectivity index (χ0n) is 9.07. The topological polar surface area (TPSA) is 28.2 Å². The molecule has 0 aromatic carbocycles. The number of aromatic nitrogens is 1. The molecule has 3 nitrogen and oxygen atoms in total. The van der Waals surface area contributed by atoms with E-state index >= 15 is 0 Å². The SMILES string of the molecule is CC1CN(c2ncccc2F)CC(C)N1. The molecule has 2 atom stereocenters. The molecule has 0 aliphatic carbocycles. The van der Waals surface area contributed by atoms with Crippen LogP contribution in [0.2, 0.25) is 0 Å². The molecule has 0 bridgehead atoms. The molecule has 0 saturated carbocycles. The maximum Gasteiger partial charge on any atom is 0.165 e. The summed E-state index contributed by atoms with van der Waals surface area (Å²) in [5.74, 6) is 0.233. The van der Waals surface area contributed by atoms with Crippen LogP contribution in [-0.2, 0) is 0 Å². The third-order valence-corrected chi connectivity index (χ3v) is 2.60. The molecule has 1 N–H and O–H groups in total. The van der Waals surface area contributed by atoms with Gasteiger partial charge in [-0.3, -0.25) is 0 Å². The minimum atomic E-state index is -0.237. The van der Waals surface area contributed by atoms with E-state index in [9.17, 15) is 4.39 Å². The van der Waals surface area contributed by atoms with E-state index in [2.05, 4.69) is 24.1 Å². The number of rotatable bonds is 1. The molecule has 1 saturated heterocycles. The zero-order chi connectivity index (χ0) is 10.8. The highest BCUT2D eigenvalue weighted by molar-refractivity contribution is 5.40. The molecule has 0 spiro atoms. The van der Waals surface area contributed by atoms with E-state index in [0.717, 1.165) is 13.1 Å². The van der Waals surface area contributed by atoms with Gasteiger partial charge >= 0.3 is 0 Å². The second-order valence-corrected chi connectivity index (χ2v) is 4.18. The van der Waals surface area contributed by atoms with Crippen molar-refractivity contribution in [2.24, 2.45) is 0 Å². The highest BCUT2D eigenvalue weighted by atomic mass is 19.1. The van der Waals surface area contributed by atoms with E-state index < -0.39 is 0 Å². The summed E-state index contributed by atoms with van der Waals surface area (Å²) in [5, 5.41) is 3.41. The molecule has 0 radical (unpaired) electrons. The van der Waals surface area contributed by atoms with Gasteiger partial charge in [-0.25, -0.2) is 9.37 Å². The third-order valence-electron chi connectivity index (χ3n) is 2.60. The molecule has 1 aliphatic rings. The van der Waals surface area contributed by atoms with Crippen molar-refractivity contribution in [3.05, 3.63) is 24.1 Å². The Balaban J connectivity index is 2.20. The van der Waals surface area contributed by atoms with Crippen molar-refractivity contribution in [3.63, 3.8) is 0 Å². The minimum absolute atomic E-state index is 0.237. The Morgan fingerprint density at radius 2 is 2.07 bits per heavy atom. The lowest BCUT2D eigenvalue weighted by Gasteiger charge is -2.36. The highest BCUT2D eigenvalue weighted by Gasteiger charge is 2.23. The number of halogens is 1. The fourth-order valence-corrected chi connectivity index (χ4v) is 2.11. The Morgan fingerprint density at radius 1 is 1.40 bits per heavy atom. The summed E-state index contributed by atoms with van der Waals surface area (Å²) in [6.07, 6.45) is 1.63. The van der Waals surface area contributed by atoms with Crippen LogP contribution in [0.25, 0.3) is 0 Å². The van der Waals surface area contributed by atoms with Gasteiger partial charge in [0.2, 0.25) is 0 Å². The van der Waals surface area contributed by atoms with Gasteiger partial charge in [-0.05, 0) is 26.0 Å². The Labute approximate surface area is 89.3 Å². The summed E-state index contributed by atoms with van der Waals surface area (Å²) < 4.78 is 13.5. The fourth-order valence-electron chi connectivity index (χ4n) is 2.11. The average molecular weight is 209 g/mol. The highest BCUT2D eigenvalue weighted by Crippen LogP contribution is 2.18. The van der Waals surface area contributed by atoms with Crippen LogP contribution in [0.1, 0.15) is 13.8 Å². The summed E-state index contributed by atoms with van der Waals surface area (Å²) in [7, 11) is 0. The van der Waals surface area contributed by atoms with Gasteiger partial charge < -0.3 is 10.2 Å². The van der Waals surface area contributed by atoms with Gasteiger partial charge in [-0.1, -0.05) is 0 Å². The van der Waals surface area contributed by atoms with Crippen LogP contribution in [-0.4, -0.2) is 30.2 Å². The zero-order valence-corrected chi connectivity index (χ0v) is 9.07. The minimum Gasteiger partial charge on any atom is -0.351 e. The molecule has 2 rings (SSSR count). The molecular weight excluding hydrogens is 193 g/mol. The first-order valence-corrected chi connectivity index (χ1v) is 5.28. The number of piperazine rings is 1. The number of anilines is 1. The number of nitrogens with one attached hydrogen (secondary N) is 1. The van der Waals surface area contributed by atoms with E-state index in [-0.39, 0.29) is 5.82 Å². The molecule has 2 unspecified atom stereocenters. The van der Waals surface area contributed by atoms with E-state index in [1.165, 1.54) is 6.07 Å². The number of hydrogen-bond acceptors (Lipinski definition) is 3. The van der Waals surface area contributed by atoms with Crippen molar-refractivity contribution >= 4 is 5.82 Å². The van der Waals surface area contributed by atoms with Gasteiger partial charge in [-0.2, -0.15) is 0 Å². The van der Waals surface area contributed by atoms with Gasteiger partial charge in [-0.15, -0.1) is 0 Å². The average Bonchev–Trinajstić information content (AvgIpc) is 2.16. The van der Waals surface area contributed by atoms with Crippen LogP contribution in [0, 0.1) is 5.82 Å². The van der Waals surface area contributed by atoms with Crippen molar-refractivity contribution in [1.29, 1.82) is 0 Å². The van der Waals surface area contributed by atoms with Crippen molar-refractivity contribution in [2.75, 3.05) is 18.0 Å². The monoisotopic (exact) mass is 209 g/mol. The molecule has 4 heteroatoms. The Kier molecular flexibility index (Phi) is 2.86. The molecule has 1 aromatic heterocycles. The summed E-state index contributed by atoms with van der Waals surface area (Å²) in [6.45, 7) is 5.81. The van der Waals surface area contributed by atoms with E-state index in [4.69, 9.17) is 0 Å². The molecule has 15 heavy (non-hydrogen) atoms. The molecule has 1 aliphatic heterocycles. The molecule has 0 amide bonds. The predicted molar refractivity (Wildman–Crippen MR) is 58.5 cm³/mol. The van der Waals surface area contributed by atoms with Gasteiger partial charge in [0.15, 0.2) is 11.6 Å². The quantitative estimate of drug-likeness (QED) is 0.758. The van der Waals surface area contributed by atoms with Crippen molar-refractivity contribution < 1.29 is 4.39 Å². The van der Waals surface area contributed by atoms with Crippen LogP contribution < -0.4 is 10.2 Å². The molecule has 82 valence electrons. The predicted octanol–water partition coefficient (Wildman–Crippen LogP) is 1.41. The van der Waals surface area contributed by atoms with Gasteiger partial charge in [0.05, 0.1) is 0 Å².